The fraction of sp³-hybridized carbons (Fsp3) is 1.00. The summed E-state index contributed by atoms with van der Waals surface area (Å²) < 4.78 is 0. The summed E-state index contributed by atoms with van der Waals surface area (Å²) in [6.45, 7) is 6.94. The van der Waals surface area contributed by atoms with Crippen LogP contribution in [-0.2, 0) is 0 Å². The van der Waals surface area contributed by atoms with Gasteiger partial charge in [-0.25, -0.2) is 0 Å². The van der Waals surface area contributed by atoms with Crippen LogP contribution in [-0.4, -0.2) is 29.6 Å². The van der Waals surface area contributed by atoms with Crippen molar-refractivity contribution in [2.24, 2.45) is 11.7 Å². The summed E-state index contributed by atoms with van der Waals surface area (Å²) in [5, 5.41) is 0. The van der Waals surface area contributed by atoms with Crippen molar-refractivity contribution >= 4 is 0 Å². The number of nitrogens with zero attached hydrogens (tertiary/aromatic N) is 1. The van der Waals surface area contributed by atoms with E-state index in [1.807, 2.05) is 0 Å². The van der Waals surface area contributed by atoms with E-state index in [0.717, 1.165) is 18.5 Å². The third kappa shape index (κ3) is 2.28. The fourth-order valence-electron chi connectivity index (χ4n) is 3.81. The fourth-order valence-corrected chi connectivity index (χ4v) is 3.81. The van der Waals surface area contributed by atoms with E-state index in [2.05, 4.69) is 18.7 Å². The average Bonchev–Trinajstić information content (AvgIpc) is 2.61. The third-order valence-electron chi connectivity index (χ3n) is 4.98. The molecule has 2 rings (SSSR count). The molecule has 2 fully saturated rings. The van der Waals surface area contributed by atoms with Crippen molar-refractivity contribution in [2.45, 2.75) is 70.4 Å². The van der Waals surface area contributed by atoms with Crippen LogP contribution in [0.3, 0.4) is 0 Å². The van der Waals surface area contributed by atoms with Gasteiger partial charge in [0.1, 0.15) is 0 Å². The Hall–Kier alpha value is -0.0800. The van der Waals surface area contributed by atoms with Gasteiger partial charge in [0.15, 0.2) is 0 Å². The molecule has 0 aromatic carbocycles. The molecule has 1 saturated heterocycles. The van der Waals surface area contributed by atoms with Crippen LogP contribution < -0.4 is 5.73 Å². The quantitative estimate of drug-likeness (QED) is 0.731. The van der Waals surface area contributed by atoms with Gasteiger partial charge in [0, 0.05) is 18.1 Å². The molecule has 1 aliphatic heterocycles. The molecule has 2 aliphatic rings. The number of hydrogen-bond donors (Lipinski definition) is 1. The molecule has 0 amide bonds. The minimum absolute atomic E-state index is 0.348. The summed E-state index contributed by atoms with van der Waals surface area (Å²) in [5.41, 5.74) is 6.50. The highest BCUT2D eigenvalue weighted by Crippen LogP contribution is 2.38. The summed E-state index contributed by atoms with van der Waals surface area (Å²) >= 11 is 0. The lowest BCUT2D eigenvalue weighted by Gasteiger charge is -2.43. The highest BCUT2D eigenvalue weighted by Gasteiger charge is 2.40. The van der Waals surface area contributed by atoms with Crippen LogP contribution in [0.4, 0.5) is 0 Å². The molecule has 16 heavy (non-hydrogen) atoms. The first-order chi connectivity index (χ1) is 7.68. The summed E-state index contributed by atoms with van der Waals surface area (Å²) in [5.74, 6) is 0.909. The second-order valence-electron chi connectivity index (χ2n) is 6.15. The Bertz CT molecular complexity index is 229. The minimum atomic E-state index is 0.348. The number of nitrogens with two attached hydrogens (primary N) is 1. The van der Waals surface area contributed by atoms with Crippen LogP contribution in [0.25, 0.3) is 0 Å². The third-order valence-corrected chi connectivity index (χ3v) is 4.98. The Morgan fingerprint density at radius 1 is 1.12 bits per heavy atom. The van der Waals surface area contributed by atoms with Crippen molar-refractivity contribution in [3.05, 3.63) is 0 Å². The normalized spacial score (nSPS) is 42.2. The van der Waals surface area contributed by atoms with E-state index in [0.29, 0.717) is 5.54 Å². The second-order valence-corrected chi connectivity index (χ2v) is 6.15. The maximum atomic E-state index is 6.15. The molecule has 1 aliphatic carbocycles. The molecule has 0 bridgehead atoms. The molecule has 0 spiro atoms. The molecule has 3 atom stereocenters. The number of likely N-dealkylation sites (tertiary alicyclic amines) is 1. The molecule has 2 N–H and O–H groups in total. The van der Waals surface area contributed by atoms with Gasteiger partial charge < -0.3 is 5.73 Å². The highest BCUT2D eigenvalue weighted by atomic mass is 15.2. The smallest absolute Gasteiger partial charge is 0.0334 e. The first kappa shape index (κ1) is 12.4. The van der Waals surface area contributed by atoms with Crippen LogP contribution in [0.2, 0.25) is 0 Å². The highest BCUT2D eigenvalue weighted by molar-refractivity contribution is 4.98. The maximum absolute atomic E-state index is 6.15. The van der Waals surface area contributed by atoms with Gasteiger partial charge in [0.05, 0.1) is 0 Å². The van der Waals surface area contributed by atoms with E-state index in [1.165, 1.54) is 51.5 Å². The van der Waals surface area contributed by atoms with Gasteiger partial charge in [-0.05, 0) is 51.5 Å². The zero-order chi connectivity index (χ0) is 11.6. The average molecular weight is 224 g/mol. The van der Waals surface area contributed by atoms with E-state index in [1.54, 1.807) is 0 Å². The molecule has 2 nitrogen and oxygen atoms in total. The predicted molar refractivity (Wildman–Crippen MR) is 69.4 cm³/mol. The van der Waals surface area contributed by atoms with Crippen LogP contribution >= 0.6 is 0 Å². The lowest BCUT2D eigenvalue weighted by Crippen LogP contribution is -2.54. The van der Waals surface area contributed by atoms with Gasteiger partial charge >= 0.3 is 0 Å². The zero-order valence-electron chi connectivity index (χ0n) is 11.0. The van der Waals surface area contributed by atoms with Crippen molar-refractivity contribution in [2.75, 3.05) is 13.1 Å². The van der Waals surface area contributed by atoms with Gasteiger partial charge in [0.2, 0.25) is 0 Å². The molecule has 0 aromatic rings. The molecule has 2 heteroatoms. The number of rotatable bonds is 2. The molecular formula is C14H28N2. The zero-order valence-corrected chi connectivity index (χ0v) is 11.0. The van der Waals surface area contributed by atoms with E-state index in [4.69, 9.17) is 5.73 Å². The van der Waals surface area contributed by atoms with Crippen molar-refractivity contribution in [3.8, 4) is 0 Å². The molecule has 94 valence electrons. The van der Waals surface area contributed by atoms with Crippen molar-refractivity contribution in [3.63, 3.8) is 0 Å². The van der Waals surface area contributed by atoms with Crippen LogP contribution in [0, 0.1) is 5.92 Å². The van der Waals surface area contributed by atoms with Gasteiger partial charge in [-0.2, -0.15) is 0 Å². The van der Waals surface area contributed by atoms with Gasteiger partial charge in [-0.15, -0.1) is 0 Å². The Kier molecular flexibility index (Phi) is 3.91. The van der Waals surface area contributed by atoms with Gasteiger partial charge in [-0.3, -0.25) is 4.90 Å². The summed E-state index contributed by atoms with van der Waals surface area (Å²) in [6, 6.07) is 0.761. The van der Waals surface area contributed by atoms with Crippen LogP contribution in [0.5, 0.6) is 0 Å². The van der Waals surface area contributed by atoms with Gasteiger partial charge in [-0.1, -0.05) is 19.8 Å². The first-order valence-electron chi connectivity index (χ1n) is 7.15. The van der Waals surface area contributed by atoms with E-state index in [-0.39, 0.29) is 0 Å². The predicted octanol–water partition coefficient (Wildman–Crippen LogP) is 2.77. The molecule has 0 radical (unpaired) electrons. The Labute approximate surface area is 101 Å². The molecule has 1 heterocycles. The topological polar surface area (TPSA) is 29.3 Å². The summed E-state index contributed by atoms with van der Waals surface area (Å²) in [7, 11) is 0. The minimum Gasteiger partial charge on any atom is -0.329 e. The monoisotopic (exact) mass is 224 g/mol. The maximum Gasteiger partial charge on any atom is 0.0334 e. The first-order valence-corrected chi connectivity index (χ1v) is 7.15. The molecular weight excluding hydrogens is 196 g/mol. The van der Waals surface area contributed by atoms with Gasteiger partial charge in [0.25, 0.3) is 0 Å². The van der Waals surface area contributed by atoms with Crippen LogP contribution in [0.1, 0.15) is 58.8 Å². The van der Waals surface area contributed by atoms with Crippen molar-refractivity contribution < 1.29 is 0 Å². The lowest BCUT2D eigenvalue weighted by molar-refractivity contribution is 0.0709. The Morgan fingerprint density at radius 2 is 1.94 bits per heavy atom. The largest absolute Gasteiger partial charge is 0.329 e. The van der Waals surface area contributed by atoms with E-state index < -0.39 is 0 Å². The molecule has 3 unspecified atom stereocenters. The SMILES string of the molecule is CC1CCCC(CN)(N2CCCC2C)CC1. The Morgan fingerprint density at radius 3 is 2.56 bits per heavy atom. The Balaban J connectivity index is 2.10. The number of hydrogen-bond acceptors (Lipinski definition) is 2. The second kappa shape index (κ2) is 5.05. The van der Waals surface area contributed by atoms with Crippen molar-refractivity contribution in [1.29, 1.82) is 0 Å². The summed E-state index contributed by atoms with van der Waals surface area (Å²) in [6.07, 6.45) is 9.56. The molecule has 1 saturated carbocycles. The van der Waals surface area contributed by atoms with Crippen LogP contribution in [0.15, 0.2) is 0 Å². The van der Waals surface area contributed by atoms with E-state index >= 15 is 0 Å². The summed E-state index contributed by atoms with van der Waals surface area (Å²) in [4.78, 5) is 2.74. The lowest BCUT2D eigenvalue weighted by atomic mass is 9.87. The van der Waals surface area contributed by atoms with E-state index in [9.17, 15) is 0 Å². The van der Waals surface area contributed by atoms with Crippen molar-refractivity contribution in [1.82, 2.24) is 4.90 Å². The standard InChI is InChI=1S/C14H28N2/c1-12-5-3-8-14(11-15,9-7-12)16-10-4-6-13(16)2/h12-13H,3-11,15H2,1-2H3. The molecule has 0 aromatic heterocycles.